The zero-order valence-corrected chi connectivity index (χ0v) is 8.28. The summed E-state index contributed by atoms with van der Waals surface area (Å²) in [5, 5.41) is 10.1. The summed E-state index contributed by atoms with van der Waals surface area (Å²) in [5.74, 6) is 1.13. The zero-order chi connectivity index (χ0) is 8.01. The molecule has 0 aromatic carbocycles. The summed E-state index contributed by atoms with van der Waals surface area (Å²) < 4.78 is 0. The molecule has 3 N–H and O–H groups in total. The Hall–Kier alpha value is 0.700. The highest BCUT2D eigenvalue weighted by Crippen LogP contribution is 2.50. The molecule has 2 rings (SSSR count). The molecule has 2 aliphatic carbocycles. The van der Waals surface area contributed by atoms with E-state index >= 15 is 0 Å². The van der Waals surface area contributed by atoms with Gasteiger partial charge in [-0.3, -0.25) is 0 Å². The standard InChI is InChI=1S/C7H14NOPS/c8-5-1-4-3(5)2-6(11-10)7(4)9/h3-7,9H,1-2,8,10H2/t3-,4-,5+,6+,7+/m0/s1. The van der Waals surface area contributed by atoms with Crippen LogP contribution in [0, 0.1) is 11.8 Å². The van der Waals surface area contributed by atoms with E-state index in [0.29, 0.717) is 23.1 Å². The normalized spacial score (nSPS) is 55.4. The smallest absolute Gasteiger partial charge is 0.0693 e. The van der Waals surface area contributed by atoms with Crippen molar-refractivity contribution in [2.75, 3.05) is 0 Å². The predicted octanol–water partition coefficient (Wildman–Crippen LogP) is 0.606. The lowest BCUT2D eigenvalue weighted by atomic mass is 9.71. The van der Waals surface area contributed by atoms with Crippen LogP contribution in [0.15, 0.2) is 0 Å². The van der Waals surface area contributed by atoms with Crippen molar-refractivity contribution in [3.63, 3.8) is 0 Å². The van der Waals surface area contributed by atoms with E-state index in [4.69, 9.17) is 5.73 Å². The zero-order valence-electron chi connectivity index (χ0n) is 6.31. The third-order valence-corrected chi connectivity index (χ3v) is 5.01. The van der Waals surface area contributed by atoms with Crippen molar-refractivity contribution >= 4 is 19.8 Å². The van der Waals surface area contributed by atoms with Gasteiger partial charge in [0.05, 0.1) is 6.10 Å². The Morgan fingerprint density at radius 3 is 2.55 bits per heavy atom. The molecule has 0 aliphatic heterocycles. The van der Waals surface area contributed by atoms with E-state index in [-0.39, 0.29) is 6.10 Å². The van der Waals surface area contributed by atoms with Gasteiger partial charge in [-0.1, -0.05) is 8.44 Å². The van der Waals surface area contributed by atoms with Crippen molar-refractivity contribution in [2.45, 2.75) is 30.2 Å². The average molecular weight is 191 g/mol. The number of aliphatic hydroxyl groups excluding tert-OH is 1. The fourth-order valence-electron chi connectivity index (χ4n) is 2.35. The lowest BCUT2D eigenvalue weighted by molar-refractivity contribution is 0.0528. The molecule has 11 heavy (non-hydrogen) atoms. The maximum atomic E-state index is 9.71. The molecule has 2 saturated carbocycles. The fraction of sp³-hybridized carbons (Fsp3) is 1.00. The van der Waals surface area contributed by atoms with Gasteiger partial charge in [-0.25, -0.2) is 0 Å². The molecule has 1 unspecified atom stereocenters. The third kappa shape index (κ3) is 1.14. The van der Waals surface area contributed by atoms with Gasteiger partial charge in [0.1, 0.15) is 0 Å². The van der Waals surface area contributed by atoms with Gasteiger partial charge in [0, 0.05) is 11.3 Å². The van der Waals surface area contributed by atoms with Crippen LogP contribution in [0.2, 0.25) is 0 Å². The highest BCUT2D eigenvalue weighted by Gasteiger charge is 2.51. The number of hydrogen-bond acceptors (Lipinski definition) is 3. The van der Waals surface area contributed by atoms with E-state index in [1.54, 1.807) is 11.4 Å². The largest absolute Gasteiger partial charge is 0.392 e. The number of rotatable bonds is 1. The molecule has 0 saturated heterocycles. The van der Waals surface area contributed by atoms with Crippen molar-refractivity contribution in [1.82, 2.24) is 0 Å². The first-order chi connectivity index (χ1) is 5.24. The van der Waals surface area contributed by atoms with Crippen molar-refractivity contribution in [2.24, 2.45) is 17.6 Å². The molecule has 6 atom stereocenters. The molecule has 2 aliphatic rings. The first-order valence-corrected chi connectivity index (χ1v) is 6.39. The van der Waals surface area contributed by atoms with Crippen LogP contribution in [-0.2, 0) is 0 Å². The molecule has 0 aromatic heterocycles. The Morgan fingerprint density at radius 1 is 1.36 bits per heavy atom. The Kier molecular flexibility index (Phi) is 2.17. The van der Waals surface area contributed by atoms with Crippen LogP contribution in [0.1, 0.15) is 12.8 Å². The van der Waals surface area contributed by atoms with Crippen LogP contribution < -0.4 is 5.73 Å². The number of fused-ring (bicyclic) bond motifs is 1. The van der Waals surface area contributed by atoms with Gasteiger partial charge < -0.3 is 10.8 Å². The quantitative estimate of drug-likeness (QED) is 0.597. The molecule has 2 fully saturated rings. The maximum Gasteiger partial charge on any atom is 0.0693 e. The number of hydrogen-bond donors (Lipinski definition) is 2. The van der Waals surface area contributed by atoms with Gasteiger partial charge in [-0.2, -0.15) is 0 Å². The Morgan fingerprint density at radius 2 is 2.09 bits per heavy atom. The minimum absolute atomic E-state index is 0.0951. The highest BCUT2D eigenvalue weighted by atomic mass is 32.7. The minimum Gasteiger partial charge on any atom is -0.392 e. The summed E-state index contributed by atoms with van der Waals surface area (Å²) in [4.78, 5) is 0. The van der Waals surface area contributed by atoms with Gasteiger partial charge in [0.25, 0.3) is 0 Å². The summed E-state index contributed by atoms with van der Waals surface area (Å²) in [6, 6.07) is 0.372. The van der Waals surface area contributed by atoms with E-state index in [9.17, 15) is 5.11 Å². The predicted molar refractivity (Wildman–Crippen MR) is 51.3 cm³/mol. The van der Waals surface area contributed by atoms with Crippen molar-refractivity contribution < 1.29 is 5.11 Å². The topological polar surface area (TPSA) is 46.2 Å². The van der Waals surface area contributed by atoms with E-state index in [1.165, 1.54) is 0 Å². The molecule has 0 amide bonds. The molecule has 0 spiro atoms. The average Bonchev–Trinajstić information content (AvgIpc) is 2.24. The number of aliphatic hydroxyl groups is 1. The van der Waals surface area contributed by atoms with Crippen LogP contribution in [-0.4, -0.2) is 22.5 Å². The van der Waals surface area contributed by atoms with Crippen LogP contribution >= 0.6 is 19.8 Å². The summed E-state index contributed by atoms with van der Waals surface area (Å²) in [5.41, 5.74) is 5.82. The third-order valence-electron chi connectivity index (χ3n) is 3.14. The molecule has 0 aromatic rings. The van der Waals surface area contributed by atoms with Crippen LogP contribution in [0.4, 0.5) is 0 Å². The number of nitrogens with two attached hydrogens (primary N) is 1. The molecule has 4 heteroatoms. The van der Waals surface area contributed by atoms with Crippen LogP contribution in [0.5, 0.6) is 0 Å². The Bertz CT molecular complexity index is 161. The Labute approximate surface area is 73.3 Å². The highest BCUT2D eigenvalue weighted by molar-refractivity contribution is 8.44. The molecular formula is C7H14NOPS. The van der Waals surface area contributed by atoms with Gasteiger partial charge in [-0.15, -0.1) is 11.4 Å². The summed E-state index contributed by atoms with van der Waals surface area (Å²) in [6.07, 6.45) is 2.05. The SMILES string of the molecule is N[C@@H]1C[C@@H]2[C@@H](O)[C@H](SP)C[C@@H]21. The first kappa shape index (κ1) is 8.31. The van der Waals surface area contributed by atoms with Crippen molar-refractivity contribution in [3.8, 4) is 0 Å². The Balaban J connectivity index is 2.02. The van der Waals surface area contributed by atoms with Crippen molar-refractivity contribution in [1.29, 1.82) is 0 Å². The van der Waals surface area contributed by atoms with E-state index < -0.39 is 0 Å². The van der Waals surface area contributed by atoms with Gasteiger partial charge in [0.15, 0.2) is 0 Å². The van der Waals surface area contributed by atoms with Gasteiger partial charge in [-0.05, 0) is 24.7 Å². The summed E-state index contributed by atoms with van der Waals surface area (Å²) in [7, 11) is 2.63. The van der Waals surface area contributed by atoms with Crippen LogP contribution in [0.3, 0.4) is 0 Å². The second kappa shape index (κ2) is 2.88. The monoisotopic (exact) mass is 191 g/mol. The van der Waals surface area contributed by atoms with E-state index in [2.05, 4.69) is 8.44 Å². The molecule has 64 valence electrons. The molecule has 0 radical (unpaired) electrons. The van der Waals surface area contributed by atoms with Crippen molar-refractivity contribution in [3.05, 3.63) is 0 Å². The second-order valence-electron chi connectivity index (χ2n) is 3.63. The van der Waals surface area contributed by atoms with Gasteiger partial charge in [0.2, 0.25) is 0 Å². The molecular weight excluding hydrogens is 177 g/mol. The summed E-state index contributed by atoms with van der Waals surface area (Å²) in [6.45, 7) is 0. The molecule has 0 heterocycles. The van der Waals surface area contributed by atoms with E-state index in [1.807, 2.05) is 0 Å². The fourth-order valence-corrected chi connectivity index (χ4v) is 3.86. The molecule has 0 bridgehead atoms. The maximum absolute atomic E-state index is 9.71. The second-order valence-corrected chi connectivity index (χ2v) is 5.32. The van der Waals surface area contributed by atoms with Gasteiger partial charge >= 0.3 is 0 Å². The summed E-state index contributed by atoms with van der Waals surface area (Å²) >= 11 is 1.70. The van der Waals surface area contributed by atoms with E-state index in [0.717, 1.165) is 12.8 Å². The van der Waals surface area contributed by atoms with Crippen LogP contribution in [0.25, 0.3) is 0 Å². The minimum atomic E-state index is -0.0951. The lowest BCUT2D eigenvalue weighted by Crippen LogP contribution is -2.47. The molecule has 2 nitrogen and oxygen atoms in total. The first-order valence-electron chi connectivity index (χ1n) is 4.03. The lowest BCUT2D eigenvalue weighted by Gasteiger charge is -2.38.